The van der Waals surface area contributed by atoms with Gasteiger partial charge in [0.25, 0.3) is 0 Å². The predicted molar refractivity (Wildman–Crippen MR) is 122 cm³/mol. The van der Waals surface area contributed by atoms with Gasteiger partial charge in [0, 0.05) is 24.4 Å². The molecule has 1 aliphatic heterocycles. The summed E-state index contributed by atoms with van der Waals surface area (Å²) in [6.07, 6.45) is 6.31. The third kappa shape index (κ3) is 5.52. The molecule has 0 bridgehead atoms. The average Bonchev–Trinajstić information content (AvgIpc) is 3.37. The highest BCUT2D eigenvalue weighted by Gasteiger charge is 2.20. The first kappa shape index (κ1) is 21.1. The summed E-state index contributed by atoms with van der Waals surface area (Å²) < 4.78 is 10.9. The SMILES string of the molecule is Cc1ncsc1CCOc1cccc(C=C2CCN(C(=O)Nc3cnoc3C)CC2)c1. The third-order valence-corrected chi connectivity index (χ3v) is 6.35. The van der Waals surface area contributed by atoms with Gasteiger partial charge in [-0.2, -0.15) is 0 Å². The number of carbonyl (C=O) groups excluding carboxylic acids is 1. The monoisotopic (exact) mass is 438 g/mol. The Hall–Kier alpha value is -3.13. The van der Waals surface area contributed by atoms with Crippen LogP contribution in [0.5, 0.6) is 5.75 Å². The van der Waals surface area contributed by atoms with Crippen molar-refractivity contribution in [2.75, 3.05) is 25.0 Å². The lowest BCUT2D eigenvalue weighted by Gasteiger charge is -2.28. The number of aromatic nitrogens is 2. The number of nitrogens with one attached hydrogen (secondary N) is 1. The molecular weight excluding hydrogens is 412 g/mol. The van der Waals surface area contributed by atoms with Gasteiger partial charge in [-0.3, -0.25) is 0 Å². The highest BCUT2D eigenvalue weighted by Crippen LogP contribution is 2.23. The van der Waals surface area contributed by atoms with Crippen molar-refractivity contribution in [3.63, 3.8) is 0 Å². The Morgan fingerprint density at radius 1 is 1.32 bits per heavy atom. The molecule has 2 amide bonds. The van der Waals surface area contributed by atoms with Crippen molar-refractivity contribution in [1.29, 1.82) is 0 Å². The molecule has 0 spiro atoms. The van der Waals surface area contributed by atoms with Crippen LogP contribution in [-0.4, -0.2) is 40.8 Å². The smallest absolute Gasteiger partial charge is 0.322 e. The van der Waals surface area contributed by atoms with Crippen LogP contribution in [0.2, 0.25) is 0 Å². The molecule has 3 heterocycles. The van der Waals surface area contributed by atoms with Crippen molar-refractivity contribution >= 4 is 29.1 Å². The number of benzene rings is 1. The molecule has 1 N–H and O–H groups in total. The molecule has 2 aromatic heterocycles. The zero-order valence-electron chi connectivity index (χ0n) is 17.8. The van der Waals surface area contributed by atoms with Gasteiger partial charge in [-0.1, -0.05) is 28.9 Å². The highest BCUT2D eigenvalue weighted by atomic mass is 32.1. The van der Waals surface area contributed by atoms with E-state index in [1.165, 1.54) is 16.6 Å². The van der Waals surface area contributed by atoms with E-state index < -0.39 is 0 Å². The largest absolute Gasteiger partial charge is 0.493 e. The minimum Gasteiger partial charge on any atom is -0.493 e. The number of hydrogen-bond acceptors (Lipinski definition) is 6. The van der Waals surface area contributed by atoms with E-state index in [4.69, 9.17) is 9.26 Å². The maximum Gasteiger partial charge on any atom is 0.322 e. The van der Waals surface area contributed by atoms with Crippen molar-refractivity contribution < 1.29 is 14.1 Å². The van der Waals surface area contributed by atoms with Crippen molar-refractivity contribution in [3.05, 3.63) is 63.4 Å². The van der Waals surface area contributed by atoms with Crippen molar-refractivity contribution in [2.45, 2.75) is 33.1 Å². The van der Waals surface area contributed by atoms with Crippen molar-refractivity contribution in [3.8, 4) is 5.75 Å². The number of aryl methyl sites for hydroxylation is 2. The minimum atomic E-state index is -0.114. The summed E-state index contributed by atoms with van der Waals surface area (Å²) in [4.78, 5) is 19.8. The van der Waals surface area contributed by atoms with E-state index in [9.17, 15) is 4.79 Å². The number of nitrogens with zero attached hydrogens (tertiary/aromatic N) is 3. The number of thiazole rings is 1. The van der Waals surface area contributed by atoms with E-state index >= 15 is 0 Å². The van der Waals surface area contributed by atoms with Crippen molar-refractivity contribution in [2.24, 2.45) is 0 Å². The second kappa shape index (κ2) is 9.78. The van der Waals surface area contributed by atoms with Crippen LogP contribution in [0, 0.1) is 13.8 Å². The first-order chi connectivity index (χ1) is 15.1. The molecule has 3 aromatic rings. The second-order valence-electron chi connectivity index (χ2n) is 7.55. The molecule has 4 rings (SSSR count). The van der Waals surface area contributed by atoms with Crippen LogP contribution in [0.15, 0.2) is 46.1 Å². The zero-order chi connectivity index (χ0) is 21.6. The first-order valence-electron chi connectivity index (χ1n) is 10.4. The number of amides is 2. The van der Waals surface area contributed by atoms with Gasteiger partial charge in [0.05, 0.1) is 24.0 Å². The molecule has 1 aliphatic rings. The number of hydrogen-bond donors (Lipinski definition) is 1. The van der Waals surface area contributed by atoms with Crippen LogP contribution in [0.3, 0.4) is 0 Å². The number of anilines is 1. The fraction of sp³-hybridized carbons (Fsp3) is 0.348. The number of carbonyl (C=O) groups is 1. The summed E-state index contributed by atoms with van der Waals surface area (Å²) in [7, 11) is 0. The predicted octanol–water partition coefficient (Wildman–Crippen LogP) is 5.08. The van der Waals surface area contributed by atoms with Gasteiger partial charge in [-0.15, -0.1) is 11.3 Å². The lowest BCUT2D eigenvalue weighted by Crippen LogP contribution is -2.39. The molecule has 1 aromatic carbocycles. The van der Waals surface area contributed by atoms with Gasteiger partial charge < -0.3 is 19.5 Å². The standard InChI is InChI=1S/C23H26N4O3S/c1-16-22(31-15-24-16)8-11-29-20-5-3-4-19(13-20)12-18-6-9-27(10-7-18)23(28)26-21-14-25-30-17(21)2/h3-5,12-15H,6-11H2,1-2H3,(H,26,28). The maximum atomic E-state index is 12.4. The quantitative estimate of drug-likeness (QED) is 0.580. The molecule has 7 nitrogen and oxygen atoms in total. The fourth-order valence-electron chi connectivity index (χ4n) is 3.51. The minimum absolute atomic E-state index is 0.114. The molecule has 0 aliphatic carbocycles. The Labute approximate surface area is 185 Å². The summed E-state index contributed by atoms with van der Waals surface area (Å²) in [5.74, 6) is 1.48. The lowest BCUT2D eigenvalue weighted by molar-refractivity contribution is 0.207. The molecule has 0 unspecified atom stereocenters. The molecular formula is C23H26N4O3S. The Morgan fingerprint density at radius 2 is 2.16 bits per heavy atom. The molecule has 0 saturated carbocycles. The van der Waals surface area contributed by atoms with Crippen LogP contribution < -0.4 is 10.1 Å². The van der Waals surface area contributed by atoms with E-state index in [2.05, 4.69) is 33.7 Å². The summed E-state index contributed by atoms with van der Waals surface area (Å²) in [6, 6.07) is 8.04. The van der Waals surface area contributed by atoms with E-state index in [0.29, 0.717) is 31.1 Å². The van der Waals surface area contributed by atoms with E-state index in [1.807, 2.05) is 29.5 Å². The van der Waals surface area contributed by atoms with Crippen LogP contribution >= 0.6 is 11.3 Å². The molecule has 31 heavy (non-hydrogen) atoms. The van der Waals surface area contributed by atoms with Crippen molar-refractivity contribution in [1.82, 2.24) is 15.0 Å². The van der Waals surface area contributed by atoms with Gasteiger partial charge in [0.1, 0.15) is 11.4 Å². The topological polar surface area (TPSA) is 80.5 Å². The summed E-state index contributed by atoms with van der Waals surface area (Å²) in [6.45, 7) is 5.82. The van der Waals surface area contributed by atoms with Crippen LogP contribution in [0.4, 0.5) is 10.5 Å². The van der Waals surface area contributed by atoms with E-state index in [-0.39, 0.29) is 6.03 Å². The fourth-order valence-corrected chi connectivity index (χ4v) is 4.27. The van der Waals surface area contributed by atoms with Crippen LogP contribution in [0.25, 0.3) is 6.08 Å². The lowest BCUT2D eigenvalue weighted by atomic mass is 10.0. The van der Waals surface area contributed by atoms with E-state index in [1.54, 1.807) is 18.3 Å². The summed E-state index contributed by atoms with van der Waals surface area (Å²) in [5.41, 5.74) is 6.04. The average molecular weight is 439 g/mol. The number of piperidine rings is 1. The third-order valence-electron chi connectivity index (χ3n) is 5.36. The summed E-state index contributed by atoms with van der Waals surface area (Å²) >= 11 is 1.67. The molecule has 1 fully saturated rings. The number of ether oxygens (including phenoxy) is 1. The van der Waals surface area contributed by atoms with Gasteiger partial charge in [0.2, 0.25) is 0 Å². The molecule has 1 saturated heterocycles. The second-order valence-corrected chi connectivity index (χ2v) is 8.49. The zero-order valence-corrected chi connectivity index (χ0v) is 18.6. The first-order valence-corrected chi connectivity index (χ1v) is 11.2. The maximum absolute atomic E-state index is 12.4. The number of likely N-dealkylation sites (tertiary alicyclic amines) is 1. The Kier molecular flexibility index (Phi) is 6.66. The number of rotatable bonds is 6. The molecule has 0 radical (unpaired) electrons. The van der Waals surface area contributed by atoms with Gasteiger partial charge in [0.15, 0.2) is 5.76 Å². The molecule has 162 valence electrons. The van der Waals surface area contributed by atoms with Crippen LogP contribution in [-0.2, 0) is 6.42 Å². The Balaban J connectivity index is 1.28. The van der Waals surface area contributed by atoms with Gasteiger partial charge in [-0.25, -0.2) is 9.78 Å². The van der Waals surface area contributed by atoms with Gasteiger partial charge in [-0.05, 0) is 44.4 Å². The normalized spacial score (nSPS) is 13.9. The molecule has 8 heteroatoms. The Bertz CT molecular complexity index is 1060. The highest BCUT2D eigenvalue weighted by molar-refractivity contribution is 7.09. The Morgan fingerprint density at radius 3 is 2.87 bits per heavy atom. The number of urea groups is 1. The van der Waals surface area contributed by atoms with Crippen LogP contribution in [0.1, 0.15) is 34.7 Å². The summed E-state index contributed by atoms with van der Waals surface area (Å²) in [5, 5.41) is 6.55. The van der Waals surface area contributed by atoms with Gasteiger partial charge >= 0.3 is 6.03 Å². The molecule has 0 atom stereocenters. The van der Waals surface area contributed by atoms with E-state index in [0.717, 1.165) is 36.3 Å².